The Hall–Kier alpha value is -3.52. The van der Waals surface area contributed by atoms with Gasteiger partial charge < -0.3 is 14.8 Å². The van der Waals surface area contributed by atoms with Crippen LogP contribution in [0.5, 0.6) is 11.5 Å². The van der Waals surface area contributed by atoms with Crippen molar-refractivity contribution in [3.8, 4) is 11.5 Å². The van der Waals surface area contributed by atoms with E-state index in [1.54, 1.807) is 36.4 Å². The molecular formula is C27H30N2O5S. The van der Waals surface area contributed by atoms with Crippen LogP contribution in [0.1, 0.15) is 36.6 Å². The van der Waals surface area contributed by atoms with E-state index in [-0.39, 0.29) is 17.5 Å². The fourth-order valence-corrected chi connectivity index (χ4v) is 5.48. The smallest absolute Gasteiger partial charge is 0.264 e. The van der Waals surface area contributed by atoms with Crippen LogP contribution in [0.4, 0.5) is 5.69 Å². The van der Waals surface area contributed by atoms with E-state index in [1.807, 2.05) is 51.1 Å². The summed E-state index contributed by atoms with van der Waals surface area (Å²) in [6.07, 6.45) is 0.630. The summed E-state index contributed by atoms with van der Waals surface area (Å²) in [4.78, 5) is 13.3. The maximum absolute atomic E-state index is 13.7. The quantitative estimate of drug-likeness (QED) is 0.502. The van der Waals surface area contributed by atoms with Crippen molar-refractivity contribution < 1.29 is 22.7 Å². The molecular weight excluding hydrogens is 464 g/mol. The number of carbonyl (C=O) groups excluding carboxylic acids is 1. The highest BCUT2D eigenvalue weighted by atomic mass is 32.2. The molecule has 1 heterocycles. The largest absolute Gasteiger partial charge is 0.486 e. The Morgan fingerprint density at radius 1 is 1.00 bits per heavy atom. The first-order chi connectivity index (χ1) is 16.8. The summed E-state index contributed by atoms with van der Waals surface area (Å²) in [6, 6.07) is 19.1. The molecule has 0 saturated carbocycles. The fraction of sp³-hybridized carbons (Fsp3) is 0.296. The Morgan fingerprint density at radius 3 is 2.40 bits per heavy atom. The lowest BCUT2D eigenvalue weighted by molar-refractivity contribution is -0.120. The van der Waals surface area contributed by atoms with Crippen LogP contribution in [0.3, 0.4) is 0 Å². The van der Waals surface area contributed by atoms with Crippen molar-refractivity contribution in [3.63, 3.8) is 0 Å². The van der Waals surface area contributed by atoms with E-state index in [0.29, 0.717) is 36.8 Å². The average Bonchev–Trinajstić information content (AvgIpc) is 2.87. The first kappa shape index (κ1) is 24.6. The molecule has 0 radical (unpaired) electrons. The Bertz CT molecular complexity index is 1310. The molecule has 35 heavy (non-hydrogen) atoms. The molecule has 1 atom stereocenters. The number of amides is 1. The van der Waals surface area contributed by atoms with Crippen LogP contribution in [-0.2, 0) is 21.2 Å². The average molecular weight is 495 g/mol. The van der Waals surface area contributed by atoms with Gasteiger partial charge >= 0.3 is 0 Å². The summed E-state index contributed by atoms with van der Waals surface area (Å²) in [5.74, 6) is 0.898. The van der Waals surface area contributed by atoms with Gasteiger partial charge in [-0.25, -0.2) is 8.42 Å². The molecule has 1 amide bonds. The molecule has 1 N–H and O–H groups in total. The predicted molar refractivity (Wildman–Crippen MR) is 136 cm³/mol. The number of sulfonamides is 1. The minimum atomic E-state index is -3.98. The SMILES string of the molecule is CCc1ccccc1N(CC(=O)N[C@H](C)c1ccc2c(c1)OCCO2)S(=O)(=O)c1ccc(C)cc1. The summed E-state index contributed by atoms with van der Waals surface area (Å²) >= 11 is 0. The van der Waals surface area contributed by atoms with Crippen molar-refractivity contribution >= 4 is 21.6 Å². The van der Waals surface area contributed by atoms with Gasteiger partial charge in [-0.2, -0.15) is 0 Å². The van der Waals surface area contributed by atoms with Gasteiger partial charge in [0.25, 0.3) is 10.0 Å². The zero-order valence-electron chi connectivity index (χ0n) is 20.2. The molecule has 8 heteroatoms. The molecule has 0 fully saturated rings. The number of hydrogen-bond acceptors (Lipinski definition) is 5. The molecule has 1 aliphatic rings. The number of anilines is 1. The van der Waals surface area contributed by atoms with Crippen molar-refractivity contribution in [2.24, 2.45) is 0 Å². The van der Waals surface area contributed by atoms with Crippen molar-refractivity contribution in [2.75, 3.05) is 24.1 Å². The Balaban J connectivity index is 1.60. The van der Waals surface area contributed by atoms with Crippen molar-refractivity contribution in [1.82, 2.24) is 5.32 Å². The summed E-state index contributed by atoms with van der Waals surface area (Å²) in [7, 11) is -3.98. The molecule has 7 nitrogen and oxygen atoms in total. The lowest BCUT2D eigenvalue weighted by atomic mass is 10.1. The highest BCUT2D eigenvalue weighted by Gasteiger charge is 2.29. The number of nitrogens with one attached hydrogen (secondary N) is 1. The number of rotatable bonds is 8. The number of para-hydroxylation sites is 1. The number of hydrogen-bond donors (Lipinski definition) is 1. The maximum atomic E-state index is 13.7. The molecule has 0 unspecified atom stereocenters. The Labute approximate surface area is 206 Å². The monoisotopic (exact) mass is 494 g/mol. The third-order valence-corrected chi connectivity index (χ3v) is 7.76. The standard InChI is InChI=1S/C27H30N2O5S/c1-4-21-7-5-6-8-24(21)29(35(31,32)23-12-9-19(2)10-13-23)18-27(30)28-20(3)22-11-14-25-26(17-22)34-16-15-33-25/h5-14,17,20H,4,15-16,18H2,1-3H3,(H,28,30)/t20-/m1/s1. The Morgan fingerprint density at radius 2 is 1.69 bits per heavy atom. The molecule has 0 bridgehead atoms. The third-order valence-electron chi connectivity index (χ3n) is 5.98. The molecule has 4 rings (SSSR count). The van der Waals surface area contributed by atoms with E-state index in [0.717, 1.165) is 16.7 Å². The molecule has 3 aromatic carbocycles. The van der Waals surface area contributed by atoms with E-state index in [4.69, 9.17) is 9.47 Å². The van der Waals surface area contributed by atoms with Gasteiger partial charge in [0.05, 0.1) is 16.6 Å². The van der Waals surface area contributed by atoms with Crippen molar-refractivity contribution in [1.29, 1.82) is 0 Å². The van der Waals surface area contributed by atoms with Gasteiger partial charge in [-0.1, -0.05) is 48.9 Å². The van der Waals surface area contributed by atoms with Crippen LogP contribution in [0.25, 0.3) is 0 Å². The first-order valence-corrected chi connectivity index (χ1v) is 13.1. The lowest BCUT2D eigenvalue weighted by Gasteiger charge is -2.27. The molecule has 3 aromatic rings. The van der Waals surface area contributed by atoms with Crippen LogP contribution in [0, 0.1) is 6.92 Å². The van der Waals surface area contributed by atoms with Gasteiger partial charge in [0, 0.05) is 0 Å². The highest BCUT2D eigenvalue weighted by Crippen LogP contribution is 2.33. The van der Waals surface area contributed by atoms with E-state index in [2.05, 4.69) is 5.32 Å². The van der Waals surface area contributed by atoms with Crippen LogP contribution in [0.2, 0.25) is 0 Å². The molecule has 184 valence electrons. The third kappa shape index (κ3) is 5.43. The van der Waals surface area contributed by atoms with E-state index in [9.17, 15) is 13.2 Å². The number of benzene rings is 3. The summed E-state index contributed by atoms with van der Waals surface area (Å²) in [6.45, 7) is 6.33. The van der Waals surface area contributed by atoms with Gasteiger partial charge in [-0.05, 0) is 61.7 Å². The number of fused-ring (bicyclic) bond motifs is 1. The second-order valence-electron chi connectivity index (χ2n) is 8.50. The number of carbonyl (C=O) groups is 1. The molecule has 0 saturated heterocycles. The molecule has 1 aliphatic heterocycles. The summed E-state index contributed by atoms with van der Waals surface area (Å²) in [5.41, 5.74) is 3.13. The zero-order chi connectivity index (χ0) is 25.0. The van der Waals surface area contributed by atoms with E-state index in [1.165, 1.54) is 4.31 Å². The van der Waals surface area contributed by atoms with Crippen molar-refractivity contribution in [2.45, 2.75) is 38.1 Å². The summed E-state index contributed by atoms with van der Waals surface area (Å²) < 4.78 is 39.8. The fourth-order valence-electron chi connectivity index (χ4n) is 4.02. The number of nitrogens with zero attached hydrogens (tertiary/aromatic N) is 1. The van der Waals surface area contributed by atoms with Gasteiger partial charge in [0.2, 0.25) is 5.91 Å². The van der Waals surface area contributed by atoms with Gasteiger partial charge in [0.1, 0.15) is 19.8 Å². The highest BCUT2D eigenvalue weighted by molar-refractivity contribution is 7.92. The number of aryl methyl sites for hydroxylation is 2. The van der Waals surface area contributed by atoms with E-state index < -0.39 is 15.9 Å². The Kier molecular flexibility index (Phi) is 7.31. The molecule has 0 aliphatic carbocycles. The minimum absolute atomic E-state index is 0.140. The number of ether oxygens (including phenoxy) is 2. The predicted octanol–water partition coefficient (Wildman–Crippen LogP) is 4.40. The zero-order valence-corrected chi connectivity index (χ0v) is 21.0. The normalized spacial score (nSPS) is 13.7. The van der Waals surface area contributed by atoms with Crippen LogP contribution < -0.4 is 19.1 Å². The molecule has 0 aromatic heterocycles. The van der Waals surface area contributed by atoms with Crippen molar-refractivity contribution in [3.05, 3.63) is 83.4 Å². The first-order valence-electron chi connectivity index (χ1n) is 11.7. The van der Waals surface area contributed by atoms with Gasteiger partial charge in [-0.15, -0.1) is 0 Å². The van der Waals surface area contributed by atoms with Gasteiger partial charge in [0.15, 0.2) is 11.5 Å². The topological polar surface area (TPSA) is 84.9 Å². The van der Waals surface area contributed by atoms with Crippen LogP contribution in [-0.4, -0.2) is 34.1 Å². The second-order valence-corrected chi connectivity index (χ2v) is 10.4. The van der Waals surface area contributed by atoms with Crippen LogP contribution >= 0.6 is 0 Å². The molecule has 0 spiro atoms. The van der Waals surface area contributed by atoms with Gasteiger partial charge in [-0.3, -0.25) is 9.10 Å². The second kappa shape index (κ2) is 10.4. The minimum Gasteiger partial charge on any atom is -0.486 e. The van der Waals surface area contributed by atoms with Crippen LogP contribution in [0.15, 0.2) is 71.6 Å². The lowest BCUT2D eigenvalue weighted by Crippen LogP contribution is -2.42. The summed E-state index contributed by atoms with van der Waals surface area (Å²) in [5, 5.41) is 2.93. The van der Waals surface area contributed by atoms with E-state index >= 15 is 0 Å². The maximum Gasteiger partial charge on any atom is 0.264 e.